The predicted molar refractivity (Wildman–Crippen MR) is 89.4 cm³/mol. The molecule has 27 heavy (non-hydrogen) atoms. The van der Waals surface area contributed by atoms with Crippen molar-refractivity contribution in [2.24, 2.45) is 0 Å². The highest BCUT2D eigenvalue weighted by Crippen LogP contribution is 2.29. The van der Waals surface area contributed by atoms with Gasteiger partial charge in [-0.3, -0.25) is 4.79 Å². The number of alkyl halides is 3. The van der Waals surface area contributed by atoms with Crippen LogP contribution in [-0.2, 0) is 16.2 Å². The molecule has 0 radical (unpaired) electrons. The summed E-state index contributed by atoms with van der Waals surface area (Å²) in [6.07, 6.45) is -2.33. The number of furan rings is 1. The summed E-state index contributed by atoms with van der Waals surface area (Å²) in [7, 11) is -3.94. The van der Waals surface area contributed by atoms with Crippen LogP contribution in [0.2, 0.25) is 0 Å². The quantitative estimate of drug-likeness (QED) is 0.853. The van der Waals surface area contributed by atoms with Gasteiger partial charge in [-0.2, -0.15) is 13.2 Å². The number of piperidine rings is 1. The van der Waals surface area contributed by atoms with Crippen molar-refractivity contribution in [3.05, 3.63) is 54.0 Å². The Hall–Kier alpha value is -2.33. The summed E-state index contributed by atoms with van der Waals surface area (Å²) in [6.45, 7) is 0.694. The number of carbonyl (C=O) groups is 1. The normalized spacial score (nSPS) is 16.5. The van der Waals surface area contributed by atoms with E-state index in [1.54, 1.807) is 17.0 Å². The molecule has 1 fully saturated rings. The van der Waals surface area contributed by atoms with Gasteiger partial charge in [0.25, 0.3) is 5.91 Å². The van der Waals surface area contributed by atoms with Gasteiger partial charge in [0, 0.05) is 19.1 Å². The van der Waals surface area contributed by atoms with E-state index in [-0.39, 0.29) is 16.6 Å². The Morgan fingerprint density at radius 1 is 1.11 bits per heavy atom. The summed E-state index contributed by atoms with van der Waals surface area (Å²) in [6, 6.07) is 6.10. The van der Waals surface area contributed by atoms with Crippen molar-refractivity contribution >= 4 is 15.9 Å². The van der Waals surface area contributed by atoms with Crippen molar-refractivity contribution < 1.29 is 30.8 Å². The van der Waals surface area contributed by atoms with Crippen molar-refractivity contribution in [3.63, 3.8) is 0 Å². The van der Waals surface area contributed by atoms with Crippen LogP contribution in [0, 0.1) is 0 Å². The Bertz CT molecular complexity index is 885. The lowest BCUT2D eigenvalue weighted by atomic mass is 10.1. The molecule has 1 aromatic carbocycles. The van der Waals surface area contributed by atoms with Crippen molar-refractivity contribution in [1.29, 1.82) is 0 Å². The first kappa shape index (κ1) is 19.4. The standard InChI is InChI=1S/C17H17F3N2O4S/c18-17(19,20)12-3-5-14(6-4-12)27(24,25)21-13-7-9-22(10-8-13)16(23)15-2-1-11-26-15/h1-6,11,13,21H,7-10H2. The lowest BCUT2D eigenvalue weighted by molar-refractivity contribution is -0.137. The molecule has 10 heteroatoms. The molecule has 0 spiro atoms. The van der Waals surface area contributed by atoms with E-state index in [1.165, 1.54) is 6.26 Å². The lowest BCUT2D eigenvalue weighted by Gasteiger charge is -2.31. The van der Waals surface area contributed by atoms with E-state index in [4.69, 9.17) is 4.42 Å². The van der Waals surface area contributed by atoms with E-state index in [2.05, 4.69) is 4.72 Å². The third-order valence-corrected chi connectivity index (χ3v) is 5.86. The van der Waals surface area contributed by atoms with Crippen molar-refractivity contribution in [1.82, 2.24) is 9.62 Å². The molecule has 1 aliphatic heterocycles. The number of rotatable bonds is 4. The maximum absolute atomic E-state index is 12.6. The summed E-state index contributed by atoms with van der Waals surface area (Å²) in [5.41, 5.74) is -0.911. The van der Waals surface area contributed by atoms with Crippen LogP contribution in [0.5, 0.6) is 0 Å². The summed E-state index contributed by atoms with van der Waals surface area (Å²) in [5, 5.41) is 0. The zero-order valence-electron chi connectivity index (χ0n) is 14.1. The number of hydrogen-bond acceptors (Lipinski definition) is 4. The highest BCUT2D eigenvalue weighted by molar-refractivity contribution is 7.89. The molecule has 146 valence electrons. The van der Waals surface area contributed by atoms with E-state index >= 15 is 0 Å². The summed E-state index contributed by atoms with van der Waals surface area (Å²) in [5.74, 6) is -0.0390. The van der Waals surface area contributed by atoms with Crippen LogP contribution in [0.25, 0.3) is 0 Å². The second kappa shape index (κ2) is 7.35. The van der Waals surface area contributed by atoms with Gasteiger partial charge in [0.1, 0.15) is 0 Å². The molecule has 0 bridgehead atoms. The zero-order valence-corrected chi connectivity index (χ0v) is 14.9. The van der Waals surface area contributed by atoms with Crippen molar-refractivity contribution in [3.8, 4) is 0 Å². The van der Waals surface area contributed by atoms with Gasteiger partial charge < -0.3 is 9.32 Å². The van der Waals surface area contributed by atoms with Crippen LogP contribution in [0.4, 0.5) is 13.2 Å². The van der Waals surface area contributed by atoms with Gasteiger partial charge >= 0.3 is 6.18 Å². The first-order valence-corrected chi connectivity index (χ1v) is 9.67. The summed E-state index contributed by atoms with van der Waals surface area (Å²) in [4.78, 5) is 13.5. The molecule has 1 amide bonds. The Balaban J connectivity index is 1.60. The molecular formula is C17H17F3N2O4S. The fourth-order valence-corrected chi connectivity index (χ4v) is 4.17. The molecule has 2 aromatic rings. The average molecular weight is 402 g/mol. The van der Waals surface area contributed by atoms with Gasteiger partial charge in [-0.25, -0.2) is 13.1 Å². The Morgan fingerprint density at radius 3 is 2.26 bits per heavy atom. The number of benzene rings is 1. The first-order valence-electron chi connectivity index (χ1n) is 8.19. The third kappa shape index (κ3) is 4.51. The molecule has 0 unspecified atom stereocenters. The molecule has 6 nitrogen and oxygen atoms in total. The molecule has 1 saturated heterocycles. The van der Waals surface area contributed by atoms with Gasteiger partial charge in [0.05, 0.1) is 16.7 Å². The number of nitrogens with one attached hydrogen (secondary N) is 1. The van der Waals surface area contributed by atoms with Crippen molar-refractivity contribution in [2.75, 3.05) is 13.1 Å². The number of hydrogen-bond donors (Lipinski definition) is 1. The van der Waals surface area contributed by atoms with E-state index < -0.39 is 27.8 Å². The first-order chi connectivity index (χ1) is 12.7. The number of sulfonamides is 1. The maximum Gasteiger partial charge on any atom is 0.416 e. The molecular weight excluding hydrogens is 385 g/mol. The van der Waals surface area contributed by atoms with Crippen LogP contribution in [0.15, 0.2) is 52.0 Å². The van der Waals surface area contributed by atoms with Gasteiger partial charge in [0.15, 0.2) is 5.76 Å². The number of amides is 1. The Morgan fingerprint density at radius 2 is 1.74 bits per heavy atom. The zero-order chi connectivity index (χ0) is 19.7. The minimum Gasteiger partial charge on any atom is -0.459 e. The van der Waals surface area contributed by atoms with Gasteiger partial charge in [-0.05, 0) is 49.2 Å². The molecule has 1 N–H and O–H groups in total. The van der Waals surface area contributed by atoms with Crippen LogP contribution in [-0.4, -0.2) is 38.4 Å². The number of halogens is 3. The Labute approximate surface area is 154 Å². The second-order valence-electron chi connectivity index (χ2n) is 6.19. The minimum absolute atomic E-state index is 0.221. The fourth-order valence-electron chi connectivity index (χ4n) is 2.87. The van der Waals surface area contributed by atoms with E-state index in [1.807, 2.05) is 0 Å². The van der Waals surface area contributed by atoms with Gasteiger partial charge in [0.2, 0.25) is 10.0 Å². The largest absolute Gasteiger partial charge is 0.459 e. The lowest BCUT2D eigenvalue weighted by Crippen LogP contribution is -2.46. The predicted octanol–water partition coefficient (Wildman–Crippen LogP) is 2.88. The highest BCUT2D eigenvalue weighted by Gasteiger charge is 2.31. The molecule has 3 rings (SSSR count). The molecule has 1 aromatic heterocycles. The fraction of sp³-hybridized carbons (Fsp3) is 0.353. The second-order valence-corrected chi connectivity index (χ2v) is 7.90. The van der Waals surface area contributed by atoms with E-state index in [0.29, 0.717) is 25.9 Å². The smallest absolute Gasteiger partial charge is 0.416 e. The van der Waals surface area contributed by atoms with E-state index in [0.717, 1.165) is 24.3 Å². The van der Waals surface area contributed by atoms with Crippen LogP contribution in [0.1, 0.15) is 29.0 Å². The third-order valence-electron chi connectivity index (χ3n) is 4.33. The van der Waals surface area contributed by atoms with Crippen LogP contribution in [0.3, 0.4) is 0 Å². The summed E-state index contributed by atoms with van der Waals surface area (Å²) < 4.78 is 70.1. The molecule has 2 heterocycles. The molecule has 0 atom stereocenters. The number of likely N-dealkylation sites (tertiary alicyclic amines) is 1. The maximum atomic E-state index is 12.6. The highest BCUT2D eigenvalue weighted by atomic mass is 32.2. The molecule has 0 aliphatic carbocycles. The van der Waals surface area contributed by atoms with Gasteiger partial charge in [-0.15, -0.1) is 0 Å². The summed E-state index contributed by atoms with van der Waals surface area (Å²) >= 11 is 0. The Kier molecular flexibility index (Phi) is 5.29. The van der Waals surface area contributed by atoms with Gasteiger partial charge in [-0.1, -0.05) is 0 Å². The van der Waals surface area contributed by atoms with Crippen LogP contribution >= 0.6 is 0 Å². The SMILES string of the molecule is O=C(c1ccco1)N1CCC(NS(=O)(=O)c2ccc(C(F)(F)F)cc2)CC1. The van der Waals surface area contributed by atoms with Crippen molar-refractivity contribution in [2.45, 2.75) is 30.0 Å². The minimum atomic E-state index is -4.52. The topological polar surface area (TPSA) is 79.6 Å². The van der Waals surface area contributed by atoms with Crippen LogP contribution < -0.4 is 4.72 Å². The monoisotopic (exact) mass is 402 g/mol. The van der Waals surface area contributed by atoms with E-state index in [9.17, 15) is 26.4 Å². The number of nitrogens with zero attached hydrogens (tertiary/aromatic N) is 1. The molecule has 1 aliphatic rings. The average Bonchev–Trinajstić information content (AvgIpc) is 3.15. The molecule has 0 saturated carbocycles. The number of carbonyl (C=O) groups excluding carboxylic acids is 1.